The summed E-state index contributed by atoms with van der Waals surface area (Å²) < 4.78 is 13.2. The summed E-state index contributed by atoms with van der Waals surface area (Å²) in [6.45, 7) is 5.41. The minimum absolute atomic E-state index is 0.302. The molecule has 1 atom stereocenters. The molecule has 3 heteroatoms. The summed E-state index contributed by atoms with van der Waals surface area (Å²) in [5.41, 5.74) is 3.10. The molecular formula is C17H21FN2. The van der Waals surface area contributed by atoms with Gasteiger partial charge in [0.25, 0.3) is 0 Å². The second-order valence-electron chi connectivity index (χ2n) is 5.15. The lowest BCUT2D eigenvalue weighted by Gasteiger charge is -2.13. The number of hydrogen-bond donors (Lipinski definition) is 1. The summed E-state index contributed by atoms with van der Waals surface area (Å²) in [6.07, 6.45) is 5.06. The van der Waals surface area contributed by atoms with E-state index in [-0.39, 0.29) is 5.82 Å². The maximum absolute atomic E-state index is 13.2. The number of aromatic nitrogens is 1. The Hall–Kier alpha value is -1.74. The van der Waals surface area contributed by atoms with Crippen LogP contribution in [0, 0.1) is 5.82 Å². The molecule has 0 fully saturated rings. The fourth-order valence-electron chi connectivity index (χ4n) is 2.22. The van der Waals surface area contributed by atoms with Crippen molar-refractivity contribution in [2.75, 3.05) is 6.54 Å². The molecule has 20 heavy (non-hydrogen) atoms. The van der Waals surface area contributed by atoms with Gasteiger partial charge in [0.05, 0.1) is 6.20 Å². The molecule has 1 unspecified atom stereocenters. The van der Waals surface area contributed by atoms with Crippen LogP contribution in [0.3, 0.4) is 0 Å². The van der Waals surface area contributed by atoms with Crippen molar-refractivity contribution in [3.8, 4) is 11.1 Å². The third-order valence-corrected chi connectivity index (χ3v) is 3.28. The summed E-state index contributed by atoms with van der Waals surface area (Å²) in [4.78, 5) is 3.88. The molecule has 0 saturated heterocycles. The van der Waals surface area contributed by atoms with Gasteiger partial charge in [-0.25, -0.2) is 4.39 Å². The third-order valence-electron chi connectivity index (χ3n) is 3.28. The maximum Gasteiger partial charge on any atom is 0.142 e. The second-order valence-corrected chi connectivity index (χ2v) is 5.15. The summed E-state index contributed by atoms with van der Waals surface area (Å²) in [6, 6.07) is 10.2. The van der Waals surface area contributed by atoms with Crippen LogP contribution in [-0.2, 0) is 6.42 Å². The van der Waals surface area contributed by atoms with Gasteiger partial charge in [-0.15, -0.1) is 0 Å². The number of nitrogens with one attached hydrogen (secondary N) is 1. The highest BCUT2D eigenvalue weighted by atomic mass is 19.1. The van der Waals surface area contributed by atoms with Crippen molar-refractivity contribution in [3.05, 3.63) is 54.1 Å². The molecule has 1 heterocycles. The molecule has 2 aromatic rings. The van der Waals surface area contributed by atoms with Crippen LogP contribution in [0.15, 0.2) is 42.7 Å². The first-order chi connectivity index (χ1) is 9.69. The SMILES string of the molecule is CCCNC(C)Cc1ccc(-c2cncc(F)c2)cc1. The van der Waals surface area contributed by atoms with Crippen LogP contribution >= 0.6 is 0 Å². The van der Waals surface area contributed by atoms with Crippen molar-refractivity contribution < 1.29 is 4.39 Å². The predicted octanol–water partition coefficient (Wildman–Crippen LogP) is 3.82. The van der Waals surface area contributed by atoms with Crippen LogP contribution in [0.4, 0.5) is 4.39 Å². The summed E-state index contributed by atoms with van der Waals surface area (Å²) in [7, 11) is 0. The Bertz CT molecular complexity index is 537. The highest BCUT2D eigenvalue weighted by Gasteiger charge is 2.04. The first-order valence-electron chi connectivity index (χ1n) is 7.12. The van der Waals surface area contributed by atoms with E-state index in [1.165, 1.54) is 17.8 Å². The molecule has 0 radical (unpaired) electrons. The van der Waals surface area contributed by atoms with E-state index in [4.69, 9.17) is 0 Å². The van der Waals surface area contributed by atoms with Gasteiger partial charge in [0.1, 0.15) is 5.82 Å². The minimum Gasteiger partial charge on any atom is -0.314 e. The van der Waals surface area contributed by atoms with Gasteiger partial charge in [-0.2, -0.15) is 0 Å². The summed E-state index contributed by atoms with van der Waals surface area (Å²) >= 11 is 0. The number of halogens is 1. The van der Waals surface area contributed by atoms with E-state index in [1.54, 1.807) is 6.20 Å². The molecule has 0 bridgehead atoms. The number of nitrogens with zero attached hydrogens (tertiary/aromatic N) is 1. The van der Waals surface area contributed by atoms with Crippen LogP contribution < -0.4 is 5.32 Å². The van der Waals surface area contributed by atoms with Crippen molar-refractivity contribution in [2.45, 2.75) is 32.7 Å². The van der Waals surface area contributed by atoms with Gasteiger partial charge in [-0.3, -0.25) is 4.98 Å². The number of pyridine rings is 1. The molecule has 0 aliphatic rings. The lowest BCUT2D eigenvalue weighted by Crippen LogP contribution is -2.28. The van der Waals surface area contributed by atoms with Gasteiger partial charge in [0.15, 0.2) is 0 Å². The molecule has 0 saturated carbocycles. The molecule has 1 N–H and O–H groups in total. The zero-order valence-corrected chi connectivity index (χ0v) is 12.1. The lowest BCUT2D eigenvalue weighted by atomic mass is 10.0. The van der Waals surface area contributed by atoms with Crippen molar-refractivity contribution in [3.63, 3.8) is 0 Å². The van der Waals surface area contributed by atoms with E-state index in [2.05, 4.69) is 36.3 Å². The summed E-state index contributed by atoms with van der Waals surface area (Å²) in [5.74, 6) is -0.302. The number of benzene rings is 1. The quantitative estimate of drug-likeness (QED) is 0.864. The van der Waals surface area contributed by atoms with E-state index >= 15 is 0 Å². The Morgan fingerprint density at radius 1 is 1.15 bits per heavy atom. The monoisotopic (exact) mass is 272 g/mol. The average molecular weight is 272 g/mol. The molecule has 0 aliphatic heterocycles. The lowest BCUT2D eigenvalue weighted by molar-refractivity contribution is 0.543. The Kier molecular flexibility index (Phi) is 5.24. The molecule has 0 spiro atoms. The van der Waals surface area contributed by atoms with E-state index < -0.39 is 0 Å². The van der Waals surface area contributed by atoms with Crippen LogP contribution in [0.5, 0.6) is 0 Å². The zero-order valence-electron chi connectivity index (χ0n) is 12.1. The van der Waals surface area contributed by atoms with E-state index in [0.29, 0.717) is 6.04 Å². The Morgan fingerprint density at radius 3 is 2.55 bits per heavy atom. The van der Waals surface area contributed by atoms with Gasteiger partial charge >= 0.3 is 0 Å². The minimum atomic E-state index is -0.302. The standard InChI is InChI=1S/C17H21FN2/c1-3-8-20-13(2)9-14-4-6-15(7-5-14)16-10-17(18)12-19-11-16/h4-7,10-13,20H,3,8-9H2,1-2H3. The van der Waals surface area contributed by atoms with Gasteiger partial charge in [0.2, 0.25) is 0 Å². The van der Waals surface area contributed by atoms with Gasteiger partial charge < -0.3 is 5.32 Å². The molecular weight excluding hydrogens is 251 g/mol. The van der Waals surface area contributed by atoms with Crippen LogP contribution in [0.25, 0.3) is 11.1 Å². The second kappa shape index (κ2) is 7.15. The van der Waals surface area contributed by atoms with Crippen molar-refractivity contribution in [2.24, 2.45) is 0 Å². The van der Waals surface area contributed by atoms with Crippen LogP contribution in [-0.4, -0.2) is 17.6 Å². The zero-order chi connectivity index (χ0) is 14.4. The molecule has 1 aromatic carbocycles. The molecule has 2 nitrogen and oxygen atoms in total. The van der Waals surface area contributed by atoms with Crippen molar-refractivity contribution >= 4 is 0 Å². The highest BCUT2D eigenvalue weighted by Crippen LogP contribution is 2.20. The normalized spacial score (nSPS) is 12.3. The van der Waals surface area contributed by atoms with Crippen LogP contribution in [0.2, 0.25) is 0 Å². The predicted molar refractivity (Wildman–Crippen MR) is 81.1 cm³/mol. The fraction of sp³-hybridized carbons (Fsp3) is 0.353. The molecule has 0 amide bonds. The van der Waals surface area contributed by atoms with Crippen LogP contribution in [0.1, 0.15) is 25.8 Å². The van der Waals surface area contributed by atoms with E-state index in [9.17, 15) is 4.39 Å². The molecule has 106 valence electrons. The Labute approximate surface area is 120 Å². The third kappa shape index (κ3) is 4.14. The maximum atomic E-state index is 13.2. The smallest absolute Gasteiger partial charge is 0.142 e. The van der Waals surface area contributed by atoms with E-state index in [1.807, 2.05) is 12.1 Å². The largest absolute Gasteiger partial charge is 0.314 e. The topological polar surface area (TPSA) is 24.9 Å². The first-order valence-corrected chi connectivity index (χ1v) is 7.12. The van der Waals surface area contributed by atoms with Gasteiger partial charge in [0, 0.05) is 17.8 Å². The van der Waals surface area contributed by atoms with Gasteiger partial charge in [-0.05, 0) is 43.5 Å². The first kappa shape index (κ1) is 14.7. The van der Waals surface area contributed by atoms with Gasteiger partial charge in [-0.1, -0.05) is 31.2 Å². The molecule has 1 aromatic heterocycles. The van der Waals surface area contributed by atoms with Crippen molar-refractivity contribution in [1.29, 1.82) is 0 Å². The molecule has 2 rings (SSSR count). The average Bonchev–Trinajstić information content (AvgIpc) is 2.46. The van der Waals surface area contributed by atoms with E-state index in [0.717, 1.165) is 30.5 Å². The highest BCUT2D eigenvalue weighted by molar-refractivity contribution is 5.62. The summed E-state index contributed by atoms with van der Waals surface area (Å²) in [5, 5.41) is 3.47. The number of rotatable bonds is 6. The Morgan fingerprint density at radius 2 is 1.90 bits per heavy atom. The fourth-order valence-corrected chi connectivity index (χ4v) is 2.22. The van der Waals surface area contributed by atoms with Crippen molar-refractivity contribution in [1.82, 2.24) is 10.3 Å². The Balaban J connectivity index is 2.03. The molecule has 0 aliphatic carbocycles. The number of hydrogen-bond acceptors (Lipinski definition) is 2.